The van der Waals surface area contributed by atoms with Gasteiger partial charge in [-0.2, -0.15) is 8.78 Å². The molecule has 1 N–H and O–H groups in total. The average Bonchev–Trinajstić information content (AvgIpc) is 2.48. The third-order valence-corrected chi connectivity index (χ3v) is 3.03. The number of pyridine rings is 1. The zero-order chi connectivity index (χ0) is 15.1. The molecule has 0 aliphatic rings. The summed E-state index contributed by atoms with van der Waals surface area (Å²) in [6.07, 6.45) is 4.45. The number of nitrogens with one attached hydrogen (secondary N) is 1. The van der Waals surface area contributed by atoms with Crippen LogP contribution in [-0.2, 0) is 0 Å². The van der Waals surface area contributed by atoms with Gasteiger partial charge in [0.25, 0.3) is 0 Å². The van der Waals surface area contributed by atoms with Gasteiger partial charge in [-0.25, -0.2) is 0 Å². The number of aromatic nitrogens is 1. The predicted molar refractivity (Wildman–Crippen MR) is 77.4 cm³/mol. The number of alkyl halides is 2. The molecule has 1 aromatic carbocycles. The molecule has 0 aliphatic heterocycles. The molecule has 0 amide bonds. The van der Waals surface area contributed by atoms with E-state index in [0.717, 1.165) is 24.1 Å². The Labute approximate surface area is 123 Å². The van der Waals surface area contributed by atoms with Crippen molar-refractivity contribution in [3.8, 4) is 5.75 Å². The molecular formula is C16H18F2N2O. The predicted octanol–water partition coefficient (Wildman–Crippen LogP) is 3.77. The molecule has 1 aromatic heterocycles. The van der Waals surface area contributed by atoms with Gasteiger partial charge >= 0.3 is 6.61 Å². The van der Waals surface area contributed by atoms with E-state index in [4.69, 9.17) is 0 Å². The van der Waals surface area contributed by atoms with Crippen molar-refractivity contribution in [3.63, 3.8) is 0 Å². The second-order valence-corrected chi connectivity index (χ2v) is 4.62. The summed E-state index contributed by atoms with van der Waals surface area (Å²) < 4.78 is 29.1. The van der Waals surface area contributed by atoms with Gasteiger partial charge in [-0.05, 0) is 42.3 Å². The van der Waals surface area contributed by atoms with Crippen LogP contribution in [0.5, 0.6) is 5.75 Å². The molecule has 1 atom stereocenters. The molecule has 0 fully saturated rings. The van der Waals surface area contributed by atoms with E-state index in [2.05, 4.69) is 22.0 Å². The first kappa shape index (κ1) is 15.4. The van der Waals surface area contributed by atoms with Crippen LogP contribution in [0.1, 0.15) is 30.5 Å². The van der Waals surface area contributed by atoms with Crippen molar-refractivity contribution in [1.82, 2.24) is 10.3 Å². The van der Waals surface area contributed by atoms with Crippen LogP contribution >= 0.6 is 0 Å². The van der Waals surface area contributed by atoms with E-state index in [1.54, 1.807) is 24.5 Å². The van der Waals surface area contributed by atoms with Crippen molar-refractivity contribution < 1.29 is 13.5 Å². The fourth-order valence-corrected chi connectivity index (χ4v) is 2.13. The van der Waals surface area contributed by atoms with Gasteiger partial charge < -0.3 is 10.1 Å². The molecule has 1 heterocycles. The zero-order valence-corrected chi connectivity index (χ0v) is 11.8. The maximum atomic E-state index is 12.3. The molecule has 1 unspecified atom stereocenters. The van der Waals surface area contributed by atoms with Gasteiger partial charge in [0.05, 0.1) is 6.04 Å². The largest absolute Gasteiger partial charge is 0.435 e. The van der Waals surface area contributed by atoms with Crippen LogP contribution in [0.15, 0.2) is 48.8 Å². The first-order valence-corrected chi connectivity index (χ1v) is 6.88. The Morgan fingerprint density at radius 1 is 1.19 bits per heavy atom. The summed E-state index contributed by atoms with van der Waals surface area (Å²) in [6, 6.07) is 10.5. The summed E-state index contributed by atoms with van der Waals surface area (Å²) in [4.78, 5) is 4.12. The summed E-state index contributed by atoms with van der Waals surface area (Å²) in [6.45, 7) is 0.0732. The van der Waals surface area contributed by atoms with Crippen LogP contribution in [0.3, 0.4) is 0 Å². The van der Waals surface area contributed by atoms with Gasteiger partial charge in [0, 0.05) is 12.4 Å². The Morgan fingerprint density at radius 3 is 2.67 bits per heavy atom. The average molecular weight is 292 g/mol. The summed E-state index contributed by atoms with van der Waals surface area (Å²) in [7, 11) is 0. The number of nitrogens with zero attached hydrogens (tertiary/aromatic N) is 1. The fraction of sp³-hybridized carbons (Fsp3) is 0.312. The minimum atomic E-state index is -2.82. The number of ether oxygens (including phenoxy) is 1. The highest BCUT2D eigenvalue weighted by Gasteiger charge is 2.15. The van der Waals surface area contributed by atoms with Gasteiger partial charge in [-0.15, -0.1) is 0 Å². The minimum Gasteiger partial charge on any atom is -0.435 e. The molecule has 0 saturated carbocycles. The molecule has 0 aliphatic carbocycles. The molecule has 5 heteroatoms. The van der Waals surface area contributed by atoms with Crippen molar-refractivity contribution in [2.45, 2.75) is 26.0 Å². The van der Waals surface area contributed by atoms with E-state index in [-0.39, 0.29) is 11.8 Å². The van der Waals surface area contributed by atoms with Crippen molar-refractivity contribution >= 4 is 0 Å². The summed E-state index contributed by atoms with van der Waals surface area (Å²) >= 11 is 0. The second-order valence-electron chi connectivity index (χ2n) is 4.62. The topological polar surface area (TPSA) is 34.2 Å². The summed E-state index contributed by atoms with van der Waals surface area (Å²) in [5.74, 6) is 0.162. The van der Waals surface area contributed by atoms with Crippen molar-refractivity contribution in [1.29, 1.82) is 0 Å². The SMILES string of the molecule is CCCNC(c1cccnc1)c1cccc(OC(F)F)c1. The van der Waals surface area contributed by atoms with Crippen LogP contribution in [0.2, 0.25) is 0 Å². The Hall–Kier alpha value is -2.01. The van der Waals surface area contributed by atoms with E-state index in [0.29, 0.717) is 0 Å². The third-order valence-electron chi connectivity index (χ3n) is 3.03. The zero-order valence-electron chi connectivity index (χ0n) is 11.8. The number of halogens is 2. The molecule has 0 saturated heterocycles. The standard InChI is InChI=1S/C16H18F2N2O/c1-2-8-20-15(13-6-4-9-19-11-13)12-5-3-7-14(10-12)21-16(17)18/h3-7,9-11,15-16,20H,2,8H2,1H3. The smallest absolute Gasteiger partial charge is 0.387 e. The molecule has 0 radical (unpaired) electrons. The first-order valence-electron chi connectivity index (χ1n) is 6.88. The van der Waals surface area contributed by atoms with Crippen LogP contribution < -0.4 is 10.1 Å². The Balaban J connectivity index is 2.28. The number of hydrogen-bond donors (Lipinski definition) is 1. The Kier molecular flexibility index (Phi) is 5.63. The molecular weight excluding hydrogens is 274 g/mol. The van der Waals surface area contributed by atoms with Crippen molar-refractivity contribution in [3.05, 3.63) is 59.9 Å². The number of rotatable bonds is 7. The second kappa shape index (κ2) is 7.69. The van der Waals surface area contributed by atoms with Gasteiger partial charge in [-0.3, -0.25) is 4.98 Å². The third kappa shape index (κ3) is 4.49. The van der Waals surface area contributed by atoms with Crippen molar-refractivity contribution in [2.75, 3.05) is 6.54 Å². The number of hydrogen-bond acceptors (Lipinski definition) is 3. The minimum absolute atomic E-state index is 0.0973. The molecule has 0 bridgehead atoms. The highest BCUT2D eigenvalue weighted by atomic mass is 19.3. The Morgan fingerprint density at radius 2 is 2.00 bits per heavy atom. The molecule has 2 rings (SSSR count). The van der Waals surface area contributed by atoms with Crippen LogP contribution in [0, 0.1) is 0 Å². The highest BCUT2D eigenvalue weighted by Crippen LogP contribution is 2.25. The maximum Gasteiger partial charge on any atom is 0.387 e. The Bertz CT molecular complexity index is 549. The van der Waals surface area contributed by atoms with Crippen LogP contribution in [-0.4, -0.2) is 18.1 Å². The van der Waals surface area contributed by atoms with E-state index in [1.807, 2.05) is 18.2 Å². The monoisotopic (exact) mass is 292 g/mol. The van der Waals surface area contributed by atoms with Gasteiger partial charge in [0.1, 0.15) is 5.75 Å². The quantitative estimate of drug-likeness (QED) is 0.843. The van der Waals surface area contributed by atoms with E-state index < -0.39 is 6.61 Å². The van der Waals surface area contributed by atoms with E-state index in [1.165, 1.54) is 6.07 Å². The molecule has 2 aromatic rings. The molecule has 112 valence electrons. The molecule has 21 heavy (non-hydrogen) atoms. The molecule has 3 nitrogen and oxygen atoms in total. The summed E-state index contributed by atoms with van der Waals surface area (Å²) in [5.41, 5.74) is 1.86. The highest BCUT2D eigenvalue weighted by molar-refractivity contribution is 5.35. The molecule has 0 spiro atoms. The van der Waals surface area contributed by atoms with Gasteiger partial charge in [0.2, 0.25) is 0 Å². The summed E-state index contributed by atoms with van der Waals surface area (Å²) in [5, 5.41) is 3.40. The van der Waals surface area contributed by atoms with E-state index in [9.17, 15) is 8.78 Å². The van der Waals surface area contributed by atoms with Crippen LogP contribution in [0.25, 0.3) is 0 Å². The lowest BCUT2D eigenvalue weighted by molar-refractivity contribution is -0.0498. The van der Waals surface area contributed by atoms with Crippen molar-refractivity contribution in [2.24, 2.45) is 0 Å². The maximum absolute atomic E-state index is 12.3. The lowest BCUT2D eigenvalue weighted by Crippen LogP contribution is -2.23. The lowest BCUT2D eigenvalue weighted by atomic mass is 10.00. The normalized spacial score (nSPS) is 12.4. The van der Waals surface area contributed by atoms with Gasteiger partial charge in [-0.1, -0.05) is 25.1 Å². The lowest BCUT2D eigenvalue weighted by Gasteiger charge is -2.20. The fourth-order valence-electron chi connectivity index (χ4n) is 2.13. The first-order chi connectivity index (χ1) is 10.2. The van der Waals surface area contributed by atoms with Gasteiger partial charge in [0.15, 0.2) is 0 Å². The van der Waals surface area contributed by atoms with E-state index >= 15 is 0 Å². The number of benzene rings is 1. The van der Waals surface area contributed by atoms with Crippen LogP contribution in [0.4, 0.5) is 8.78 Å².